The van der Waals surface area contributed by atoms with Gasteiger partial charge in [-0.15, -0.1) is 11.3 Å². The molecule has 0 radical (unpaired) electrons. The Hall–Kier alpha value is -1.68. The van der Waals surface area contributed by atoms with Crippen LogP contribution in [0.4, 0.5) is 0 Å². The lowest BCUT2D eigenvalue weighted by Crippen LogP contribution is -2.31. The normalized spacial score (nSPS) is 11.5. The van der Waals surface area contributed by atoms with Crippen molar-refractivity contribution in [3.63, 3.8) is 0 Å². The number of esters is 1. The summed E-state index contributed by atoms with van der Waals surface area (Å²) in [6, 6.07) is 6.33. The van der Waals surface area contributed by atoms with E-state index in [1.54, 1.807) is 11.3 Å². The van der Waals surface area contributed by atoms with E-state index in [2.05, 4.69) is 37.0 Å². The lowest BCUT2D eigenvalue weighted by molar-refractivity contribution is -0.148. The second-order valence-electron chi connectivity index (χ2n) is 5.70. The summed E-state index contributed by atoms with van der Waals surface area (Å²) in [5.41, 5.74) is 3.57. The number of nitrogens with zero attached hydrogens (tertiary/aromatic N) is 1. The Balaban J connectivity index is 2.38. The fourth-order valence-electron chi connectivity index (χ4n) is 2.07. The Morgan fingerprint density at radius 1 is 1.33 bits per heavy atom. The van der Waals surface area contributed by atoms with Crippen LogP contribution in [0.15, 0.2) is 23.6 Å². The second-order valence-corrected chi connectivity index (χ2v) is 6.56. The Morgan fingerprint density at radius 3 is 2.71 bits per heavy atom. The molecule has 0 aliphatic carbocycles. The molecule has 0 saturated carbocycles. The minimum absolute atomic E-state index is 0.234. The number of hydrogen-bond acceptors (Lipinski definition) is 4. The van der Waals surface area contributed by atoms with Crippen LogP contribution in [0, 0.1) is 13.8 Å². The first-order chi connectivity index (χ1) is 9.86. The molecule has 0 spiro atoms. The second kappa shape index (κ2) is 5.98. The maximum absolute atomic E-state index is 12.1. The molecule has 4 heteroatoms. The van der Waals surface area contributed by atoms with Crippen molar-refractivity contribution in [1.29, 1.82) is 0 Å². The summed E-state index contributed by atoms with van der Waals surface area (Å²) in [6.45, 7) is 10.1. The molecule has 1 aromatic heterocycles. The molecule has 0 N–H and O–H groups in total. The van der Waals surface area contributed by atoms with E-state index < -0.39 is 5.41 Å². The lowest BCUT2D eigenvalue weighted by atomic mass is 9.90. The third-order valence-electron chi connectivity index (χ3n) is 3.55. The predicted molar refractivity (Wildman–Crippen MR) is 86.7 cm³/mol. The molecule has 21 heavy (non-hydrogen) atoms. The van der Waals surface area contributed by atoms with E-state index in [9.17, 15) is 4.79 Å². The van der Waals surface area contributed by atoms with Gasteiger partial charge < -0.3 is 4.74 Å². The van der Waals surface area contributed by atoms with Crippen molar-refractivity contribution < 1.29 is 9.53 Å². The van der Waals surface area contributed by atoms with E-state index in [-0.39, 0.29) is 5.97 Å². The quantitative estimate of drug-likeness (QED) is 0.792. The summed E-state index contributed by atoms with van der Waals surface area (Å²) in [6.07, 6.45) is 0. The lowest BCUT2D eigenvalue weighted by Gasteiger charge is -2.19. The molecular formula is C17H21NO2S. The van der Waals surface area contributed by atoms with Gasteiger partial charge in [0.1, 0.15) is 10.4 Å². The Bertz CT molecular complexity index is 659. The molecule has 2 rings (SSSR count). The van der Waals surface area contributed by atoms with Crippen LogP contribution in [0.25, 0.3) is 10.6 Å². The zero-order chi connectivity index (χ0) is 15.6. The molecule has 112 valence electrons. The number of carbonyl (C=O) groups excluding carboxylic acids is 1. The van der Waals surface area contributed by atoms with Crippen LogP contribution in [0.2, 0.25) is 0 Å². The zero-order valence-corrected chi connectivity index (χ0v) is 14.0. The van der Waals surface area contributed by atoms with Crippen molar-refractivity contribution in [2.24, 2.45) is 0 Å². The number of rotatable bonds is 4. The van der Waals surface area contributed by atoms with Gasteiger partial charge in [0.15, 0.2) is 0 Å². The van der Waals surface area contributed by atoms with Crippen molar-refractivity contribution in [3.05, 3.63) is 40.4 Å². The van der Waals surface area contributed by atoms with Crippen molar-refractivity contribution in [2.75, 3.05) is 6.61 Å². The zero-order valence-electron chi connectivity index (χ0n) is 13.2. The molecule has 3 nitrogen and oxygen atoms in total. The van der Waals surface area contributed by atoms with Gasteiger partial charge in [-0.05, 0) is 46.2 Å². The summed E-state index contributed by atoms with van der Waals surface area (Å²) in [7, 11) is 0. The third-order valence-corrected chi connectivity index (χ3v) is 4.43. The first-order valence-electron chi connectivity index (χ1n) is 7.07. The molecule has 1 aromatic carbocycles. The summed E-state index contributed by atoms with van der Waals surface area (Å²) in [4.78, 5) is 16.7. The largest absolute Gasteiger partial charge is 0.465 e. The van der Waals surface area contributed by atoms with E-state index >= 15 is 0 Å². The van der Waals surface area contributed by atoms with Crippen LogP contribution in [-0.2, 0) is 14.9 Å². The van der Waals surface area contributed by atoms with Gasteiger partial charge in [0, 0.05) is 10.9 Å². The van der Waals surface area contributed by atoms with Gasteiger partial charge in [-0.2, -0.15) is 0 Å². The topological polar surface area (TPSA) is 39.2 Å². The highest BCUT2D eigenvalue weighted by atomic mass is 32.1. The SMILES string of the molecule is CCOC(=O)C(C)(C)c1csc(-c2cc(C)ccc2C)n1. The first kappa shape index (κ1) is 15.7. The van der Waals surface area contributed by atoms with Crippen LogP contribution in [0.5, 0.6) is 0 Å². The van der Waals surface area contributed by atoms with Gasteiger partial charge in [0.25, 0.3) is 0 Å². The van der Waals surface area contributed by atoms with Gasteiger partial charge >= 0.3 is 5.97 Å². The third kappa shape index (κ3) is 3.16. The van der Waals surface area contributed by atoms with Gasteiger partial charge in [-0.3, -0.25) is 4.79 Å². The number of hydrogen-bond donors (Lipinski definition) is 0. The van der Waals surface area contributed by atoms with Crippen molar-refractivity contribution in [1.82, 2.24) is 4.98 Å². The Labute approximate surface area is 130 Å². The minimum atomic E-state index is -0.720. The molecule has 0 saturated heterocycles. The van der Waals surface area contributed by atoms with Crippen LogP contribution in [-0.4, -0.2) is 17.6 Å². The summed E-state index contributed by atoms with van der Waals surface area (Å²) >= 11 is 1.57. The monoisotopic (exact) mass is 303 g/mol. The fraction of sp³-hybridized carbons (Fsp3) is 0.412. The first-order valence-corrected chi connectivity index (χ1v) is 7.95. The highest BCUT2D eigenvalue weighted by Gasteiger charge is 2.34. The van der Waals surface area contributed by atoms with Gasteiger partial charge in [-0.25, -0.2) is 4.98 Å². The molecule has 0 unspecified atom stereocenters. The number of ether oxygens (including phenoxy) is 1. The van der Waals surface area contributed by atoms with E-state index in [0.717, 1.165) is 16.3 Å². The van der Waals surface area contributed by atoms with E-state index in [4.69, 9.17) is 4.74 Å². The Kier molecular flexibility index (Phi) is 4.47. The van der Waals surface area contributed by atoms with Crippen LogP contribution >= 0.6 is 11.3 Å². The number of thiazole rings is 1. The number of aryl methyl sites for hydroxylation is 2. The van der Waals surface area contributed by atoms with E-state index in [1.165, 1.54) is 11.1 Å². The highest BCUT2D eigenvalue weighted by Crippen LogP contribution is 2.32. The van der Waals surface area contributed by atoms with Crippen LogP contribution in [0.3, 0.4) is 0 Å². The van der Waals surface area contributed by atoms with Gasteiger partial charge in [-0.1, -0.05) is 17.7 Å². The van der Waals surface area contributed by atoms with Crippen molar-refractivity contribution in [3.8, 4) is 10.6 Å². The Morgan fingerprint density at radius 2 is 2.05 bits per heavy atom. The van der Waals surface area contributed by atoms with E-state index in [0.29, 0.717) is 6.61 Å². The molecule has 0 aliphatic rings. The molecule has 0 aliphatic heterocycles. The minimum Gasteiger partial charge on any atom is -0.465 e. The maximum Gasteiger partial charge on any atom is 0.317 e. The molecule has 0 bridgehead atoms. The summed E-state index contributed by atoms with van der Waals surface area (Å²) in [5, 5.41) is 2.90. The summed E-state index contributed by atoms with van der Waals surface area (Å²) < 4.78 is 5.14. The summed E-state index contributed by atoms with van der Waals surface area (Å²) in [5.74, 6) is -0.234. The maximum atomic E-state index is 12.1. The van der Waals surface area contributed by atoms with Gasteiger partial charge in [0.2, 0.25) is 0 Å². The smallest absolute Gasteiger partial charge is 0.317 e. The fourth-order valence-corrected chi connectivity index (χ4v) is 3.14. The van der Waals surface area contributed by atoms with Gasteiger partial charge in [0.05, 0.1) is 12.3 Å². The highest BCUT2D eigenvalue weighted by molar-refractivity contribution is 7.13. The number of carbonyl (C=O) groups is 1. The molecule has 2 aromatic rings. The average Bonchev–Trinajstić information content (AvgIpc) is 2.92. The number of benzene rings is 1. The standard InChI is InChI=1S/C17H21NO2S/c1-6-20-16(19)17(4,5)14-10-21-15(18-14)13-9-11(2)7-8-12(13)3/h7-10H,6H2,1-5H3. The average molecular weight is 303 g/mol. The van der Waals surface area contributed by atoms with Crippen LogP contribution < -0.4 is 0 Å². The number of aromatic nitrogens is 1. The van der Waals surface area contributed by atoms with E-state index in [1.807, 2.05) is 26.2 Å². The molecule has 0 amide bonds. The molecule has 1 heterocycles. The predicted octanol–water partition coefficient (Wildman–Crippen LogP) is 4.27. The molecule has 0 fully saturated rings. The van der Waals surface area contributed by atoms with Crippen LogP contribution in [0.1, 0.15) is 37.6 Å². The van der Waals surface area contributed by atoms with Crippen molar-refractivity contribution in [2.45, 2.75) is 40.0 Å². The molecule has 0 atom stereocenters. The molecular weight excluding hydrogens is 282 g/mol. The van der Waals surface area contributed by atoms with Crippen molar-refractivity contribution >= 4 is 17.3 Å².